The Kier molecular flexibility index (Phi) is 5.18. The van der Waals surface area contributed by atoms with Gasteiger partial charge in [-0.1, -0.05) is 31.2 Å². The summed E-state index contributed by atoms with van der Waals surface area (Å²) < 4.78 is 0. The Morgan fingerprint density at radius 1 is 1.40 bits per heavy atom. The van der Waals surface area contributed by atoms with Crippen molar-refractivity contribution >= 4 is 5.91 Å². The third-order valence-electron chi connectivity index (χ3n) is 4.42. The van der Waals surface area contributed by atoms with E-state index in [0.29, 0.717) is 13.0 Å². The molecular weight excluding hydrogens is 248 g/mol. The Morgan fingerprint density at radius 3 is 2.85 bits per heavy atom. The number of benzene rings is 1. The van der Waals surface area contributed by atoms with E-state index < -0.39 is 0 Å². The van der Waals surface area contributed by atoms with Gasteiger partial charge >= 0.3 is 0 Å². The minimum absolute atomic E-state index is 0.250. The smallest absolute Gasteiger partial charge is 0.223 e. The largest absolute Gasteiger partial charge is 0.338 e. The van der Waals surface area contributed by atoms with Crippen molar-refractivity contribution in [2.75, 3.05) is 13.1 Å². The number of carbonyl (C=O) groups excluding carboxylic acids is 1. The third-order valence-corrected chi connectivity index (χ3v) is 4.42. The lowest BCUT2D eigenvalue weighted by atomic mass is 9.92. The number of amides is 1. The summed E-state index contributed by atoms with van der Waals surface area (Å²) in [6, 6.07) is 8.58. The molecule has 1 aromatic rings. The van der Waals surface area contributed by atoms with E-state index in [9.17, 15) is 4.79 Å². The first-order valence-corrected chi connectivity index (χ1v) is 7.68. The lowest BCUT2D eigenvalue weighted by molar-refractivity contribution is -0.135. The summed E-state index contributed by atoms with van der Waals surface area (Å²) in [4.78, 5) is 14.5. The molecule has 2 unspecified atom stereocenters. The highest BCUT2D eigenvalue weighted by molar-refractivity contribution is 5.77. The number of nitrogens with two attached hydrogens (primary N) is 1. The third kappa shape index (κ3) is 3.40. The van der Waals surface area contributed by atoms with Crippen LogP contribution in [0.25, 0.3) is 0 Å². The summed E-state index contributed by atoms with van der Waals surface area (Å²) >= 11 is 0. The van der Waals surface area contributed by atoms with E-state index >= 15 is 0 Å². The maximum absolute atomic E-state index is 12.5. The van der Waals surface area contributed by atoms with Crippen LogP contribution in [0.15, 0.2) is 24.3 Å². The minimum Gasteiger partial charge on any atom is -0.338 e. The highest BCUT2D eigenvalue weighted by atomic mass is 16.2. The second-order valence-corrected chi connectivity index (χ2v) is 5.93. The molecule has 0 spiro atoms. The van der Waals surface area contributed by atoms with E-state index in [2.05, 4.69) is 26.0 Å². The van der Waals surface area contributed by atoms with E-state index in [0.717, 1.165) is 19.4 Å². The van der Waals surface area contributed by atoms with Gasteiger partial charge in [0.25, 0.3) is 0 Å². The van der Waals surface area contributed by atoms with E-state index in [1.165, 1.54) is 17.5 Å². The number of rotatable bonds is 4. The zero-order valence-corrected chi connectivity index (χ0v) is 12.6. The number of hydrogen-bond acceptors (Lipinski definition) is 2. The molecule has 1 aliphatic rings. The van der Waals surface area contributed by atoms with Crippen LogP contribution < -0.4 is 5.73 Å². The molecule has 0 aliphatic carbocycles. The highest BCUT2D eigenvalue weighted by Crippen LogP contribution is 2.25. The normalized spacial score (nSPS) is 20.8. The Balaban J connectivity index is 2.02. The molecule has 0 saturated carbocycles. The van der Waals surface area contributed by atoms with Crippen molar-refractivity contribution in [2.45, 2.75) is 51.5 Å². The van der Waals surface area contributed by atoms with E-state index in [-0.39, 0.29) is 17.9 Å². The highest BCUT2D eigenvalue weighted by Gasteiger charge is 2.26. The van der Waals surface area contributed by atoms with Gasteiger partial charge in [-0.25, -0.2) is 0 Å². The van der Waals surface area contributed by atoms with Crippen LogP contribution in [0.1, 0.15) is 49.7 Å². The second-order valence-electron chi connectivity index (χ2n) is 5.93. The second kappa shape index (κ2) is 6.89. The van der Waals surface area contributed by atoms with Crippen LogP contribution in [0, 0.1) is 6.92 Å². The first-order valence-electron chi connectivity index (χ1n) is 7.68. The van der Waals surface area contributed by atoms with Gasteiger partial charge in [-0.3, -0.25) is 4.79 Å². The molecule has 3 heteroatoms. The Labute approximate surface area is 122 Å². The molecule has 1 amide bonds. The van der Waals surface area contributed by atoms with Crippen molar-refractivity contribution in [1.29, 1.82) is 0 Å². The van der Waals surface area contributed by atoms with Crippen LogP contribution in [0.4, 0.5) is 0 Å². The molecule has 1 aliphatic heterocycles. The van der Waals surface area contributed by atoms with Gasteiger partial charge in [0.05, 0.1) is 0 Å². The van der Waals surface area contributed by atoms with Crippen LogP contribution in [0.3, 0.4) is 0 Å². The molecule has 0 bridgehead atoms. The molecule has 110 valence electrons. The molecule has 1 heterocycles. The van der Waals surface area contributed by atoms with E-state index in [4.69, 9.17) is 5.73 Å². The molecule has 2 atom stereocenters. The molecule has 0 radical (unpaired) electrons. The summed E-state index contributed by atoms with van der Waals surface area (Å²) in [6.07, 6.45) is 3.95. The van der Waals surface area contributed by atoms with E-state index in [1.54, 1.807) is 0 Å². The summed E-state index contributed by atoms with van der Waals surface area (Å²) in [6.45, 7) is 5.72. The predicted molar refractivity (Wildman–Crippen MR) is 82.6 cm³/mol. The Bertz CT molecular complexity index is 458. The summed E-state index contributed by atoms with van der Waals surface area (Å²) in [5.41, 5.74) is 8.35. The molecule has 1 saturated heterocycles. The number of hydrogen-bond donors (Lipinski definition) is 1. The molecule has 3 nitrogen and oxygen atoms in total. The zero-order valence-electron chi connectivity index (χ0n) is 12.6. The summed E-state index contributed by atoms with van der Waals surface area (Å²) in [5, 5.41) is 0. The van der Waals surface area contributed by atoms with Crippen molar-refractivity contribution in [3.05, 3.63) is 35.4 Å². The van der Waals surface area contributed by atoms with Crippen molar-refractivity contribution in [3.63, 3.8) is 0 Å². The number of carbonyl (C=O) groups is 1. The number of piperidine rings is 1. The predicted octanol–water partition coefficient (Wildman–Crippen LogP) is 2.83. The molecule has 2 N–H and O–H groups in total. The van der Waals surface area contributed by atoms with Crippen molar-refractivity contribution in [3.8, 4) is 0 Å². The van der Waals surface area contributed by atoms with Crippen molar-refractivity contribution < 1.29 is 4.79 Å². The lowest BCUT2D eigenvalue weighted by Crippen LogP contribution is -2.47. The fourth-order valence-corrected chi connectivity index (χ4v) is 3.20. The van der Waals surface area contributed by atoms with Crippen molar-refractivity contribution in [2.24, 2.45) is 5.73 Å². The van der Waals surface area contributed by atoms with Crippen LogP contribution in [-0.4, -0.2) is 29.9 Å². The van der Waals surface area contributed by atoms with Crippen LogP contribution >= 0.6 is 0 Å². The standard InChI is InChI=1S/C17H26N2O/c1-13-7-3-4-9-16(13)14(2)11-17(20)19-10-6-5-8-15(19)12-18/h3-4,7,9,14-15H,5-6,8,10-12,18H2,1-2H3. The van der Waals surface area contributed by atoms with Crippen LogP contribution in [0.2, 0.25) is 0 Å². The molecule has 0 aromatic heterocycles. The summed E-state index contributed by atoms with van der Waals surface area (Å²) in [7, 11) is 0. The van der Waals surface area contributed by atoms with Gasteiger partial charge in [-0.2, -0.15) is 0 Å². The van der Waals surface area contributed by atoms with Gasteiger partial charge < -0.3 is 10.6 Å². The zero-order chi connectivity index (χ0) is 14.5. The Morgan fingerprint density at radius 2 is 2.15 bits per heavy atom. The van der Waals surface area contributed by atoms with E-state index in [1.807, 2.05) is 17.0 Å². The number of nitrogens with zero attached hydrogens (tertiary/aromatic N) is 1. The maximum Gasteiger partial charge on any atom is 0.223 e. The topological polar surface area (TPSA) is 46.3 Å². The SMILES string of the molecule is Cc1ccccc1C(C)CC(=O)N1CCCCC1CN. The lowest BCUT2D eigenvalue weighted by Gasteiger charge is -2.35. The molecule has 2 rings (SSSR count). The average Bonchev–Trinajstić information content (AvgIpc) is 2.47. The molecular formula is C17H26N2O. The first kappa shape index (κ1) is 15.0. The monoisotopic (exact) mass is 274 g/mol. The van der Waals surface area contributed by atoms with Gasteiger partial charge in [0.15, 0.2) is 0 Å². The maximum atomic E-state index is 12.5. The van der Waals surface area contributed by atoms with Gasteiger partial charge in [0, 0.05) is 25.6 Å². The quantitative estimate of drug-likeness (QED) is 0.917. The fraction of sp³-hybridized carbons (Fsp3) is 0.588. The first-order chi connectivity index (χ1) is 9.63. The van der Waals surface area contributed by atoms with Crippen molar-refractivity contribution in [1.82, 2.24) is 4.90 Å². The number of aryl methyl sites for hydroxylation is 1. The van der Waals surface area contributed by atoms with Gasteiger partial charge in [-0.15, -0.1) is 0 Å². The van der Waals surface area contributed by atoms with Gasteiger partial charge in [0.1, 0.15) is 0 Å². The molecule has 20 heavy (non-hydrogen) atoms. The van der Waals surface area contributed by atoms with Crippen LogP contribution in [0.5, 0.6) is 0 Å². The number of likely N-dealkylation sites (tertiary alicyclic amines) is 1. The van der Waals surface area contributed by atoms with Gasteiger partial charge in [0.2, 0.25) is 5.91 Å². The van der Waals surface area contributed by atoms with Gasteiger partial charge in [-0.05, 0) is 43.2 Å². The average molecular weight is 274 g/mol. The minimum atomic E-state index is 0.250. The van der Waals surface area contributed by atoms with Crippen LogP contribution in [-0.2, 0) is 4.79 Å². The molecule has 1 fully saturated rings. The Hall–Kier alpha value is -1.35. The molecule has 1 aromatic carbocycles. The summed E-state index contributed by atoms with van der Waals surface area (Å²) in [5.74, 6) is 0.528. The fourth-order valence-electron chi connectivity index (χ4n) is 3.20.